The Morgan fingerprint density at radius 1 is 0.913 bits per heavy atom. The Bertz CT molecular complexity index is 692. The summed E-state index contributed by atoms with van der Waals surface area (Å²) in [6, 6.07) is 13.6. The number of hydrogen-bond acceptors (Lipinski definition) is 2. The quantitative estimate of drug-likeness (QED) is 0.718. The van der Waals surface area contributed by atoms with E-state index in [4.69, 9.17) is 14.3 Å². The van der Waals surface area contributed by atoms with Crippen molar-refractivity contribution >= 4 is 7.82 Å². The van der Waals surface area contributed by atoms with Gasteiger partial charge in [0.05, 0.1) is 0 Å². The van der Waals surface area contributed by atoms with Crippen molar-refractivity contribution in [1.29, 1.82) is 0 Å². The second-order valence-corrected chi connectivity index (χ2v) is 6.68. The molecule has 0 aliphatic carbocycles. The van der Waals surface area contributed by atoms with Gasteiger partial charge in [-0.3, -0.25) is 9.79 Å². The van der Waals surface area contributed by atoms with E-state index in [0.29, 0.717) is 5.75 Å². The fourth-order valence-corrected chi connectivity index (χ4v) is 3.26. The molecule has 0 aliphatic rings. The maximum absolute atomic E-state index is 11.3. The van der Waals surface area contributed by atoms with Crippen LogP contribution in [0, 0.1) is 0 Å². The molecule has 0 heterocycles. The van der Waals surface area contributed by atoms with Crippen LogP contribution in [0.25, 0.3) is 11.1 Å². The molecule has 2 rings (SSSR count). The normalized spacial score (nSPS) is 11.5. The summed E-state index contributed by atoms with van der Waals surface area (Å²) >= 11 is 0. The lowest BCUT2D eigenvalue weighted by Gasteiger charge is -2.19. The fraction of sp³-hybridized carbons (Fsp3) is 0.333. The second-order valence-electron chi connectivity index (χ2n) is 5.52. The minimum absolute atomic E-state index is 0.295. The van der Waals surface area contributed by atoms with Crippen LogP contribution in [-0.2, 0) is 17.4 Å². The largest absolute Gasteiger partial charge is 0.524 e. The molecule has 2 aromatic carbocycles. The fourth-order valence-electron chi connectivity index (χ4n) is 2.83. The summed E-state index contributed by atoms with van der Waals surface area (Å²) in [5, 5.41) is 0. The van der Waals surface area contributed by atoms with Crippen LogP contribution in [0.15, 0.2) is 42.5 Å². The number of benzene rings is 2. The van der Waals surface area contributed by atoms with Crippen molar-refractivity contribution in [2.24, 2.45) is 0 Å². The molecule has 0 atom stereocenters. The average molecular weight is 334 g/mol. The van der Waals surface area contributed by atoms with Gasteiger partial charge in [0.25, 0.3) is 0 Å². The van der Waals surface area contributed by atoms with E-state index in [-0.39, 0.29) is 0 Å². The molecule has 0 saturated heterocycles. The maximum atomic E-state index is 11.3. The molecule has 0 aromatic heterocycles. The Morgan fingerprint density at radius 3 is 2.09 bits per heavy atom. The van der Waals surface area contributed by atoms with Gasteiger partial charge in [-0.2, -0.15) is 0 Å². The monoisotopic (exact) mass is 334 g/mol. The Hall–Kier alpha value is -1.61. The zero-order valence-electron chi connectivity index (χ0n) is 13.5. The highest BCUT2D eigenvalue weighted by atomic mass is 31.2. The third kappa shape index (κ3) is 4.68. The van der Waals surface area contributed by atoms with Gasteiger partial charge in [0.2, 0.25) is 0 Å². The zero-order chi connectivity index (χ0) is 16.9. The highest BCUT2D eigenvalue weighted by Gasteiger charge is 2.21. The summed E-state index contributed by atoms with van der Waals surface area (Å²) in [5.41, 5.74) is 4.23. The van der Waals surface area contributed by atoms with Gasteiger partial charge in [-0.25, -0.2) is 4.57 Å². The van der Waals surface area contributed by atoms with Crippen LogP contribution in [0.4, 0.5) is 0 Å². The van der Waals surface area contributed by atoms with Gasteiger partial charge in [-0.15, -0.1) is 0 Å². The van der Waals surface area contributed by atoms with Gasteiger partial charge in [-0.05, 0) is 41.2 Å². The van der Waals surface area contributed by atoms with Crippen LogP contribution >= 0.6 is 7.82 Å². The number of phosphoric ester groups is 1. The van der Waals surface area contributed by atoms with Crippen LogP contribution in [0.3, 0.4) is 0 Å². The van der Waals surface area contributed by atoms with E-state index in [9.17, 15) is 4.57 Å². The molecule has 2 N–H and O–H groups in total. The second kappa shape index (κ2) is 7.78. The van der Waals surface area contributed by atoms with Crippen LogP contribution in [-0.4, -0.2) is 9.79 Å². The molecule has 0 aliphatic heterocycles. The molecule has 0 amide bonds. The summed E-state index contributed by atoms with van der Waals surface area (Å²) in [6.45, 7) is 4.15. The van der Waals surface area contributed by atoms with Crippen molar-refractivity contribution in [1.82, 2.24) is 0 Å². The number of rotatable bonds is 7. The molecule has 4 nitrogen and oxygen atoms in total. The maximum Gasteiger partial charge on any atom is 0.524 e. The predicted molar refractivity (Wildman–Crippen MR) is 92.5 cm³/mol. The van der Waals surface area contributed by atoms with E-state index in [1.807, 2.05) is 43.3 Å². The smallest absolute Gasteiger partial charge is 0.404 e. The summed E-state index contributed by atoms with van der Waals surface area (Å²) in [4.78, 5) is 18.3. The van der Waals surface area contributed by atoms with Crippen molar-refractivity contribution < 1.29 is 18.9 Å². The number of hydrogen-bond donors (Lipinski definition) is 2. The molecule has 0 fully saturated rings. The Balaban J connectivity index is 2.61. The minimum atomic E-state index is -4.56. The van der Waals surface area contributed by atoms with Gasteiger partial charge >= 0.3 is 7.82 Å². The number of phosphoric acid groups is 1. The van der Waals surface area contributed by atoms with E-state index in [1.54, 1.807) is 6.07 Å². The SMILES string of the molecule is CCCc1c(OP(=O)(O)O)ccc(-c2ccccc2)c1CCC. The molecular weight excluding hydrogens is 311 g/mol. The molecule has 0 bridgehead atoms. The van der Waals surface area contributed by atoms with Crippen molar-refractivity contribution in [2.75, 3.05) is 0 Å². The van der Waals surface area contributed by atoms with Gasteiger partial charge in [-0.1, -0.05) is 63.1 Å². The van der Waals surface area contributed by atoms with E-state index < -0.39 is 7.82 Å². The van der Waals surface area contributed by atoms with E-state index >= 15 is 0 Å². The molecule has 0 radical (unpaired) electrons. The average Bonchev–Trinajstić information content (AvgIpc) is 2.50. The van der Waals surface area contributed by atoms with Crippen LogP contribution in [0.5, 0.6) is 5.75 Å². The molecule has 2 aromatic rings. The molecular formula is C18H23O4P. The minimum Gasteiger partial charge on any atom is -0.404 e. The third-order valence-corrected chi connectivity index (χ3v) is 4.12. The first-order valence-corrected chi connectivity index (χ1v) is 9.44. The molecule has 124 valence electrons. The first-order valence-electron chi connectivity index (χ1n) is 7.91. The standard InChI is InChI=1S/C18H23O4P/c1-3-8-16-15(14-10-6-5-7-11-14)12-13-18(17(16)9-4-2)22-23(19,20)21/h5-7,10-13H,3-4,8-9H2,1-2H3,(H2,19,20,21). The van der Waals surface area contributed by atoms with Crippen molar-refractivity contribution in [3.8, 4) is 16.9 Å². The third-order valence-electron chi connectivity index (χ3n) is 3.69. The summed E-state index contributed by atoms with van der Waals surface area (Å²) in [5.74, 6) is 0.295. The van der Waals surface area contributed by atoms with Crippen molar-refractivity contribution in [3.05, 3.63) is 53.6 Å². The topological polar surface area (TPSA) is 66.8 Å². The summed E-state index contributed by atoms with van der Waals surface area (Å²) in [6.07, 6.45) is 3.41. The van der Waals surface area contributed by atoms with Gasteiger partial charge in [0.15, 0.2) is 0 Å². The van der Waals surface area contributed by atoms with E-state index in [2.05, 4.69) is 6.92 Å². The lowest BCUT2D eigenvalue weighted by molar-refractivity contribution is 0.282. The summed E-state index contributed by atoms with van der Waals surface area (Å²) < 4.78 is 16.2. The Kier molecular flexibility index (Phi) is 6.00. The lowest BCUT2D eigenvalue weighted by atomic mass is 9.90. The first-order chi connectivity index (χ1) is 11.0. The van der Waals surface area contributed by atoms with Gasteiger partial charge < -0.3 is 4.52 Å². The van der Waals surface area contributed by atoms with Crippen molar-refractivity contribution in [2.45, 2.75) is 39.5 Å². The summed E-state index contributed by atoms with van der Waals surface area (Å²) in [7, 11) is -4.56. The Morgan fingerprint density at radius 2 is 1.52 bits per heavy atom. The molecule has 5 heteroatoms. The highest BCUT2D eigenvalue weighted by molar-refractivity contribution is 7.46. The highest BCUT2D eigenvalue weighted by Crippen LogP contribution is 2.42. The van der Waals surface area contributed by atoms with Crippen LogP contribution < -0.4 is 4.52 Å². The molecule has 0 saturated carbocycles. The van der Waals surface area contributed by atoms with E-state index in [1.165, 1.54) is 0 Å². The van der Waals surface area contributed by atoms with Gasteiger partial charge in [0, 0.05) is 0 Å². The van der Waals surface area contributed by atoms with E-state index in [0.717, 1.165) is 47.9 Å². The Labute approximate surface area is 137 Å². The van der Waals surface area contributed by atoms with Crippen LogP contribution in [0.2, 0.25) is 0 Å². The lowest BCUT2D eigenvalue weighted by Crippen LogP contribution is -2.02. The zero-order valence-corrected chi connectivity index (χ0v) is 14.4. The van der Waals surface area contributed by atoms with Crippen molar-refractivity contribution in [3.63, 3.8) is 0 Å². The van der Waals surface area contributed by atoms with Crippen LogP contribution in [0.1, 0.15) is 37.8 Å². The van der Waals surface area contributed by atoms with Gasteiger partial charge in [0.1, 0.15) is 5.75 Å². The predicted octanol–water partition coefficient (Wildman–Crippen LogP) is 4.73. The molecule has 0 unspecified atom stereocenters. The molecule has 23 heavy (non-hydrogen) atoms. The first kappa shape index (κ1) is 17.7. The molecule has 0 spiro atoms.